The molecule has 5 nitrogen and oxygen atoms in total. The van der Waals surface area contributed by atoms with Gasteiger partial charge in [0, 0.05) is 16.7 Å². The molecule has 0 saturated heterocycles. The first-order chi connectivity index (χ1) is 9.17. The molecule has 2 aromatic rings. The van der Waals surface area contributed by atoms with Gasteiger partial charge in [0.1, 0.15) is 18.2 Å². The molecule has 0 fully saturated rings. The highest BCUT2D eigenvalue weighted by Gasteiger charge is 2.04. The van der Waals surface area contributed by atoms with E-state index in [9.17, 15) is 0 Å². The van der Waals surface area contributed by atoms with E-state index in [-0.39, 0.29) is 6.61 Å². The van der Waals surface area contributed by atoms with Crippen molar-refractivity contribution in [1.82, 2.24) is 9.97 Å². The molecule has 19 heavy (non-hydrogen) atoms. The second-order valence-electron chi connectivity index (χ2n) is 3.51. The fourth-order valence-corrected chi connectivity index (χ4v) is 3.11. The number of thiophene rings is 1. The van der Waals surface area contributed by atoms with Crippen molar-refractivity contribution in [3.63, 3.8) is 0 Å². The van der Waals surface area contributed by atoms with Crippen LogP contribution in [0.5, 0.6) is 0 Å². The van der Waals surface area contributed by atoms with Gasteiger partial charge in [-0.1, -0.05) is 23.6 Å². The van der Waals surface area contributed by atoms with Crippen molar-refractivity contribution in [3.05, 3.63) is 28.0 Å². The first-order valence-corrected chi connectivity index (χ1v) is 7.19. The first kappa shape index (κ1) is 13.7. The van der Waals surface area contributed by atoms with Gasteiger partial charge in [-0.3, -0.25) is 0 Å². The summed E-state index contributed by atoms with van der Waals surface area (Å²) in [4.78, 5) is 10.3. The van der Waals surface area contributed by atoms with Gasteiger partial charge in [0.2, 0.25) is 0 Å². The predicted molar refractivity (Wildman–Crippen MR) is 78.7 cm³/mol. The third-order valence-corrected chi connectivity index (χ3v) is 4.12. The van der Waals surface area contributed by atoms with Crippen molar-refractivity contribution in [2.75, 3.05) is 18.1 Å². The van der Waals surface area contributed by atoms with Crippen LogP contribution >= 0.6 is 23.1 Å². The molecule has 0 aromatic carbocycles. The quantitative estimate of drug-likeness (QED) is 0.448. The van der Waals surface area contributed by atoms with E-state index in [0.717, 1.165) is 15.5 Å². The molecular formula is C12H12N4OS2. The smallest absolute Gasteiger partial charge is 0.191 e. The molecule has 98 valence electrons. The predicted octanol–water partition coefficient (Wildman–Crippen LogP) is 1.34. The minimum absolute atomic E-state index is 0.127. The zero-order valence-electron chi connectivity index (χ0n) is 9.96. The standard InChI is InChI=1S/C12H12N4OS2/c13-10-6-11(14)16-12(15-10)18-7-9-4-3-8(19-9)2-1-5-17/h3-4,6,17H,5,7H2,(H4,13,14,15,16). The maximum Gasteiger partial charge on any atom is 0.191 e. The van der Waals surface area contributed by atoms with Crippen LogP contribution in [0.4, 0.5) is 11.6 Å². The molecule has 0 amide bonds. The topological polar surface area (TPSA) is 98.1 Å². The molecule has 2 heterocycles. The Morgan fingerprint density at radius 1 is 1.26 bits per heavy atom. The lowest BCUT2D eigenvalue weighted by atomic mass is 10.4. The molecule has 0 aliphatic carbocycles. The number of aromatic nitrogens is 2. The van der Waals surface area contributed by atoms with Crippen molar-refractivity contribution in [3.8, 4) is 11.8 Å². The van der Waals surface area contributed by atoms with Crippen LogP contribution in [0.15, 0.2) is 23.4 Å². The molecule has 0 aliphatic rings. The molecule has 0 atom stereocenters. The molecule has 0 saturated carbocycles. The third kappa shape index (κ3) is 4.13. The van der Waals surface area contributed by atoms with Crippen molar-refractivity contribution in [2.45, 2.75) is 10.9 Å². The van der Waals surface area contributed by atoms with Crippen LogP contribution in [0.25, 0.3) is 0 Å². The summed E-state index contributed by atoms with van der Waals surface area (Å²) < 4.78 is 0. The maximum atomic E-state index is 8.63. The van der Waals surface area contributed by atoms with Gasteiger partial charge in [-0.05, 0) is 12.1 Å². The lowest BCUT2D eigenvalue weighted by Gasteiger charge is -2.01. The zero-order valence-corrected chi connectivity index (χ0v) is 11.6. The van der Waals surface area contributed by atoms with Crippen molar-refractivity contribution in [2.24, 2.45) is 0 Å². The highest BCUT2D eigenvalue weighted by atomic mass is 32.2. The molecule has 0 spiro atoms. The number of hydrogen-bond acceptors (Lipinski definition) is 7. The van der Waals surface area contributed by atoms with Gasteiger partial charge < -0.3 is 16.6 Å². The molecule has 0 bridgehead atoms. The van der Waals surface area contributed by atoms with E-state index in [4.69, 9.17) is 16.6 Å². The van der Waals surface area contributed by atoms with Crippen LogP contribution in [0.2, 0.25) is 0 Å². The lowest BCUT2D eigenvalue weighted by Crippen LogP contribution is -1.99. The normalized spacial score (nSPS) is 9.95. The second kappa shape index (κ2) is 6.43. The van der Waals surface area contributed by atoms with E-state index < -0.39 is 0 Å². The fraction of sp³-hybridized carbons (Fsp3) is 0.167. The Balaban J connectivity index is 2.00. The number of hydrogen-bond donors (Lipinski definition) is 3. The molecule has 5 N–H and O–H groups in total. The average Bonchev–Trinajstić information content (AvgIpc) is 2.81. The van der Waals surface area contributed by atoms with Gasteiger partial charge in [0.05, 0.1) is 4.88 Å². The fourth-order valence-electron chi connectivity index (χ4n) is 1.31. The van der Waals surface area contributed by atoms with E-state index in [0.29, 0.717) is 16.8 Å². The van der Waals surface area contributed by atoms with E-state index >= 15 is 0 Å². The summed E-state index contributed by atoms with van der Waals surface area (Å²) in [5.41, 5.74) is 11.2. The average molecular weight is 292 g/mol. The number of aliphatic hydroxyl groups is 1. The van der Waals surface area contributed by atoms with Crippen LogP contribution in [0, 0.1) is 11.8 Å². The molecule has 0 aliphatic heterocycles. The van der Waals surface area contributed by atoms with E-state index in [1.165, 1.54) is 17.8 Å². The van der Waals surface area contributed by atoms with Crippen molar-refractivity contribution in [1.29, 1.82) is 0 Å². The summed E-state index contributed by atoms with van der Waals surface area (Å²) in [6.45, 7) is -0.127. The Morgan fingerprint density at radius 3 is 2.68 bits per heavy atom. The second-order valence-corrected chi connectivity index (χ2v) is 5.63. The Labute approximate surface area is 119 Å². The van der Waals surface area contributed by atoms with Crippen LogP contribution < -0.4 is 11.5 Å². The lowest BCUT2D eigenvalue weighted by molar-refractivity contribution is 0.350. The Kier molecular flexibility index (Phi) is 4.63. The third-order valence-electron chi connectivity index (χ3n) is 2.04. The maximum absolute atomic E-state index is 8.63. The molecule has 7 heteroatoms. The zero-order chi connectivity index (χ0) is 13.7. The number of aliphatic hydroxyl groups excluding tert-OH is 1. The van der Waals surface area contributed by atoms with Gasteiger partial charge in [-0.2, -0.15) is 0 Å². The SMILES string of the molecule is Nc1cc(N)nc(SCc2ccc(C#CCO)s2)n1. The van der Waals surface area contributed by atoms with E-state index in [1.807, 2.05) is 12.1 Å². The number of nitrogens with two attached hydrogens (primary N) is 2. The molecule has 2 aromatic heterocycles. The highest BCUT2D eigenvalue weighted by molar-refractivity contribution is 7.98. The highest BCUT2D eigenvalue weighted by Crippen LogP contribution is 2.25. The Hall–Kier alpha value is -1.75. The van der Waals surface area contributed by atoms with Crippen LogP contribution in [-0.4, -0.2) is 21.7 Å². The Morgan fingerprint density at radius 2 is 2.00 bits per heavy atom. The molecule has 0 unspecified atom stereocenters. The first-order valence-electron chi connectivity index (χ1n) is 5.38. The summed E-state index contributed by atoms with van der Waals surface area (Å²) in [6.07, 6.45) is 0. The number of rotatable bonds is 3. The summed E-state index contributed by atoms with van der Waals surface area (Å²) in [7, 11) is 0. The minimum Gasteiger partial charge on any atom is -0.384 e. The van der Waals surface area contributed by atoms with Crippen molar-refractivity contribution < 1.29 is 5.11 Å². The number of nitrogens with zero attached hydrogens (tertiary/aromatic N) is 2. The van der Waals surface area contributed by atoms with Crippen LogP contribution in [0.1, 0.15) is 9.75 Å². The summed E-state index contributed by atoms with van der Waals surface area (Å²) in [6, 6.07) is 5.45. The van der Waals surface area contributed by atoms with Gasteiger partial charge in [-0.25, -0.2) is 9.97 Å². The molecule has 2 rings (SSSR count). The van der Waals surface area contributed by atoms with Gasteiger partial charge in [0.15, 0.2) is 5.16 Å². The van der Waals surface area contributed by atoms with Gasteiger partial charge in [-0.15, -0.1) is 11.3 Å². The summed E-state index contributed by atoms with van der Waals surface area (Å²) in [5, 5.41) is 9.19. The van der Waals surface area contributed by atoms with Gasteiger partial charge >= 0.3 is 0 Å². The van der Waals surface area contributed by atoms with Gasteiger partial charge in [0.25, 0.3) is 0 Å². The largest absolute Gasteiger partial charge is 0.384 e. The summed E-state index contributed by atoms with van der Waals surface area (Å²) >= 11 is 3.05. The van der Waals surface area contributed by atoms with E-state index in [2.05, 4.69) is 21.8 Å². The number of anilines is 2. The number of nitrogen functional groups attached to an aromatic ring is 2. The summed E-state index contributed by atoms with van der Waals surface area (Å²) in [5.74, 6) is 6.96. The molecular weight excluding hydrogens is 280 g/mol. The van der Waals surface area contributed by atoms with E-state index in [1.54, 1.807) is 11.3 Å². The van der Waals surface area contributed by atoms with Crippen molar-refractivity contribution >= 4 is 34.7 Å². The Bertz CT molecular complexity index is 610. The molecule has 0 radical (unpaired) electrons. The van der Waals surface area contributed by atoms with Crippen LogP contribution in [0.3, 0.4) is 0 Å². The van der Waals surface area contributed by atoms with Crippen LogP contribution in [-0.2, 0) is 5.75 Å². The number of thioether (sulfide) groups is 1. The monoisotopic (exact) mass is 292 g/mol. The minimum atomic E-state index is -0.127.